The minimum Gasteiger partial charge on any atom is -0.489 e. The fraction of sp³-hybridized carbons (Fsp3) is 0.500. The zero-order valence-electron chi connectivity index (χ0n) is 9.84. The summed E-state index contributed by atoms with van der Waals surface area (Å²) >= 11 is 0. The molecular formula is C12H17F2NO. The number of ether oxygens (including phenoxy) is 1. The van der Waals surface area contributed by atoms with Gasteiger partial charge >= 0.3 is 0 Å². The molecule has 0 aliphatic carbocycles. The van der Waals surface area contributed by atoms with Crippen molar-refractivity contribution >= 4 is 0 Å². The van der Waals surface area contributed by atoms with E-state index in [2.05, 4.69) is 0 Å². The molecule has 0 spiro atoms. The van der Waals surface area contributed by atoms with Crippen molar-refractivity contribution in [2.24, 2.45) is 0 Å². The maximum absolute atomic E-state index is 12.9. The third kappa shape index (κ3) is 4.14. The standard InChI is InChI=1S/C12H17F2NO/c1-4-11(8-15(2)3)16-12-6-9(13)5-10(14)7-12/h5-7,11H,4,8H2,1-3H3. The summed E-state index contributed by atoms with van der Waals surface area (Å²) < 4.78 is 31.3. The highest BCUT2D eigenvalue weighted by molar-refractivity contribution is 5.24. The van der Waals surface area contributed by atoms with Gasteiger partial charge in [0.25, 0.3) is 0 Å². The number of nitrogens with zero attached hydrogens (tertiary/aromatic N) is 1. The van der Waals surface area contributed by atoms with E-state index in [0.717, 1.165) is 12.5 Å². The van der Waals surface area contributed by atoms with Crippen LogP contribution in [0.5, 0.6) is 5.75 Å². The molecule has 0 N–H and O–H groups in total. The van der Waals surface area contributed by atoms with Gasteiger partial charge in [-0.05, 0) is 20.5 Å². The minimum atomic E-state index is -0.616. The van der Waals surface area contributed by atoms with Crippen molar-refractivity contribution in [2.45, 2.75) is 19.4 Å². The molecule has 0 saturated heterocycles. The molecule has 1 unspecified atom stereocenters. The highest BCUT2D eigenvalue weighted by Gasteiger charge is 2.10. The van der Waals surface area contributed by atoms with E-state index in [1.165, 1.54) is 12.1 Å². The zero-order chi connectivity index (χ0) is 12.1. The summed E-state index contributed by atoms with van der Waals surface area (Å²) in [5.41, 5.74) is 0. The van der Waals surface area contributed by atoms with Gasteiger partial charge in [-0.25, -0.2) is 8.78 Å². The van der Waals surface area contributed by atoms with Crippen LogP contribution in [-0.2, 0) is 0 Å². The molecule has 16 heavy (non-hydrogen) atoms. The van der Waals surface area contributed by atoms with Gasteiger partial charge in [0.15, 0.2) is 0 Å². The van der Waals surface area contributed by atoms with Gasteiger partial charge in [-0.15, -0.1) is 0 Å². The van der Waals surface area contributed by atoms with Crippen LogP contribution < -0.4 is 4.74 Å². The first-order valence-electron chi connectivity index (χ1n) is 5.28. The van der Waals surface area contributed by atoms with Gasteiger partial charge in [0.1, 0.15) is 23.5 Å². The number of likely N-dealkylation sites (N-methyl/N-ethyl adjacent to an activating group) is 1. The Morgan fingerprint density at radius 2 is 1.75 bits per heavy atom. The summed E-state index contributed by atoms with van der Waals surface area (Å²) in [6.07, 6.45) is 0.729. The van der Waals surface area contributed by atoms with E-state index in [1.54, 1.807) is 0 Å². The molecule has 0 fully saturated rings. The first-order valence-corrected chi connectivity index (χ1v) is 5.28. The molecule has 0 aliphatic rings. The van der Waals surface area contributed by atoms with Gasteiger partial charge in [0.05, 0.1) is 0 Å². The fourth-order valence-corrected chi connectivity index (χ4v) is 1.45. The number of hydrogen-bond acceptors (Lipinski definition) is 2. The SMILES string of the molecule is CCC(CN(C)C)Oc1cc(F)cc(F)c1. The van der Waals surface area contributed by atoms with Crippen LogP contribution >= 0.6 is 0 Å². The van der Waals surface area contributed by atoms with E-state index >= 15 is 0 Å². The predicted octanol–water partition coefficient (Wildman–Crippen LogP) is 2.68. The second kappa shape index (κ2) is 5.80. The van der Waals surface area contributed by atoms with Crippen LogP contribution in [0.25, 0.3) is 0 Å². The topological polar surface area (TPSA) is 12.5 Å². The van der Waals surface area contributed by atoms with Crippen molar-refractivity contribution in [3.05, 3.63) is 29.8 Å². The maximum Gasteiger partial charge on any atom is 0.129 e. The summed E-state index contributed by atoms with van der Waals surface area (Å²) in [4.78, 5) is 1.98. The zero-order valence-corrected chi connectivity index (χ0v) is 9.84. The van der Waals surface area contributed by atoms with Crippen molar-refractivity contribution in [1.82, 2.24) is 4.90 Å². The van der Waals surface area contributed by atoms with Gasteiger partial charge in [0.2, 0.25) is 0 Å². The third-order valence-corrected chi connectivity index (χ3v) is 2.16. The molecule has 2 nitrogen and oxygen atoms in total. The van der Waals surface area contributed by atoms with Crippen LogP contribution in [0.3, 0.4) is 0 Å². The van der Waals surface area contributed by atoms with Gasteiger partial charge in [0, 0.05) is 24.7 Å². The number of hydrogen-bond donors (Lipinski definition) is 0. The Labute approximate surface area is 94.8 Å². The van der Waals surface area contributed by atoms with E-state index in [4.69, 9.17) is 4.74 Å². The Hall–Kier alpha value is -1.16. The average Bonchev–Trinajstić information content (AvgIpc) is 2.14. The number of benzene rings is 1. The first-order chi connectivity index (χ1) is 7.51. The van der Waals surface area contributed by atoms with E-state index in [9.17, 15) is 8.78 Å². The number of halogens is 2. The quantitative estimate of drug-likeness (QED) is 0.769. The van der Waals surface area contributed by atoms with Crippen LogP contribution in [0.15, 0.2) is 18.2 Å². The molecule has 90 valence electrons. The predicted molar refractivity (Wildman–Crippen MR) is 59.6 cm³/mol. The minimum absolute atomic E-state index is 0.0591. The molecule has 0 radical (unpaired) electrons. The molecule has 0 amide bonds. The van der Waals surface area contributed by atoms with E-state index in [0.29, 0.717) is 6.54 Å². The van der Waals surface area contributed by atoms with Gasteiger partial charge in [-0.1, -0.05) is 6.92 Å². The molecule has 0 heterocycles. The summed E-state index contributed by atoms with van der Waals surface area (Å²) in [5, 5.41) is 0. The van der Waals surface area contributed by atoms with Gasteiger partial charge < -0.3 is 9.64 Å². The fourth-order valence-electron chi connectivity index (χ4n) is 1.45. The van der Waals surface area contributed by atoms with Crippen molar-refractivity contribution in [3.63, 3.8) is 0 Å². The van der Waals surface area contributed by atoms with Gasteiger partial charge in [-0.2, -0.15) is 0 Å². The molecule has 4 heteroatoms. The Morgan fingerprint density at radius 1 is 1.19 bits per heavy atom. The highest BCUT2D eigenvalue weighted by Crippen LogP contribution is 2.17. The highest BCUT2D eigenvalue weighted by atomic mass is 19.1. The lowest BCUT2D eigenvalue weighted by Crippen LogP contribution is -2.30. The normalized spacial score (nSPS) is 12.9. The molecule has 1 aromatic carbocycles. The van der Waals surface area contributed by atoms with Crippen LogP contribution in [0.2, 0.25) is 0 Å². The Bertz CT molecular complexity index is 322. The van der Waals surface area contributed by atoms with E-state index in [-0.39, 0.29) is 11.9 Å². The Morgan fingerprint density at radius 3 is 2.19 bits per heavy atom. The Kier molecular flexibility index (Phi) is 4.68. The molecular weight excluding hydrogens is 212 g/mol. The summed E-state index contributed by atoms with van der Waals surface area (Å²) in [6, 6.07) is 3.22. The van der Waals surface area contributed by atoms with Gasteiger partial charge in [-0.3, -0.25) is 0 Å². The van der Waals surface area contributed by atoms with Crippen molar-refractivity contribution in [3.8, 4) is 5.75 Å². The molecule has 1 atom stereocenters. The third-order valence-electron chi connectivity index (χ3n) is 2.16. The second-order valence-electron chi connectivity index (χ2n) is 4.02. The lowest BCUT2D eigenvalue weighted by atomic mass is 10.2. The lowest BCUT2D eigenvalue weighted by Gasteiger charge is -2.21. The lowest BCUT2D eigenvalue weighted by molar-refractivity contribution is 0.155. The first kappa shape index (κ1) is 12.9. The van der Waals surface area contributed by atoms with Crippen LogP contribution in [-0.4, -0.2) is 31.6 Å². The maximum atomic E-state index is 12.9. The molecule has 1 rings (SSSR count). The summed E-state index contributed by atoms with van der Waals surface area (Å²) in [6.45, 7) is 2.69. The molecule has 0 saturated carbocycles. The molecule has 0 bridgehead atoms. The largest absolute Gasteiger partial charge is 0.489 e. The molecule has 1 aromatic rings. The summed E-state index contributed by atoms with van der Waals surface area (Å²) in [7, 11) is 3.86. The smallest absolute Gasteiger partial charge is 0.129 e. The van der Waals surface area contributed by atoms with Crippen molar-refractivity contribution in [2.75, 3.05) is 20.6 Å². The molecule has 0 aromatic heterocycles. The number of rotatable bonds is 5. The van der Waals surface area contributed by atoms with E-state index in [1.807, 2.05) is 25.9 Å². The average molecular weight is 229 g/mol. The second-order valence-corrected chi connectivity index (χ2v) is 4.02. The molecule has 0 aliphatic heterocycles. The van der Waals surface area contributed by atoms with Crippen molar-refractivity contribution in [1.29, 1.82) is 0 Å². The van der Waals surface area contributed by atoms with Crippen molar-refractivity contribution < 1.29 is 13.5 Å². The van der Waals surface area contributed by atoms with Crippen LogP contribution in [0.1, 0.15) is 13.3 Å². The Balaban J connectivity index is 2.69. The monoisotopic (exact) mass is 229 g/mol. The van der Waals surface area contributed by atoms with E-state index < -0.39 is 11.6 Å². The van der Waals surface area contributed by atoms with Crippen LogP contribution in [0, 0.1) is 11.6 Å². The summed E-state index contributed by atoms with van der Waals surface area (Å²) in [5.74, 6) is -0.990. The van der Waals surface area contributed by atoms with Crippen LogP contribution in [0.4, 0.5) is 8.78 Å².